The summed E-state index contributed by atoms with van der Waals surface area (Å²) in [6.45, 7) is 6.97. The fourth-order valence-electron chi connectivity index (χ4n) is 4.27. The molecule has 1 saturated carbocycles. The molecule has 1 amide bonds. The van der Waals surface area contributed by atoms with E-state index < -0.39 is 5.60 Å². The molecule has 1 N–H and O–H groups in total. The lowest BCUT2D eigenvalue weighted by Gasteiger charge is -2.45. The normalized spacial score (nSPS) is 25.0. The summed E-state index contributed by atoms with van der Waals surface area (Å²) < 4.78 is 7.14. The lowest BCUT2D eigenvalue weighted by Crippen LogP contribution is -2.45. The first kappa shape index (κ1) is 17.8. The highest BCUT2D eigenvalue weighted by Crippen LogP contribution is 2.53. The highest BCUT2D eigenvalue weighted by molar-refractivity contribution is 5.78. The number of ether oxygens (including phenoxy) is 1. The van der Waals surface area contributed by atoms with Crippen LogP contribution in [0, 0.1) is 5.41 Å². The van der Waals surface area contributed by atoms with Gasteiger partial charge in [-0.1, -0.05) is 0 Å². The summed E-state index contributed by atoms with van der Waals surface area (Å²) in [7, 11) is 0. The summed E-state index contributed by atoms with van der Waals surface area (Å²) >= 11 is 0. The summed E-state index contributed by atoms with van der Waals surface area (Å²) in [4.78, 5) is 31.2. The van der Waals surface area contributed by atoms with E-state index in [-0.39, 0.29) is 28.9 Å². The minimum absolute atomic E-state index is 0.0630. The Labute approximate surface area is 157 Å². The highest BCUT2D eigenvalue weighted by atomic mass is 16.6. The van der Waals surface area contributed by atoms with Crippen LogP contribution in [0.4, 0.5) is 4.79 Å². The zero-order chi connectivity index (χ0) is 19.4. The van der Waals surface area contributed by atoms with Crippen LogP contribution in [-0.2, 0) is 4.74 Å². The number of likely N-dealkylation sites (tertiary alicyclic amines) is 1. The number of benzene rings is 1. The molecule has 2 aromatic rings. The molecule has 7 heteroatoms. The van der Waals surface area contributed by atoms with Crippen molar-refractivity contribution in [3.63, 3.8) is 0 Å². The van der Waals surface area contributed by atoms with Gasteiger partial charge in [-0.05, 0) is 63.6 Å². The molecule has 1 aromatic heterocycles. The molecule has 1 aliphatic carbocycles. The Hall–Kier alpha value is -2.57. The van der Waals surface area contributed by atoms with Crippen LogP contribution in [0.1, 0.15) is 46.1 Å². The summed E-state index contributed by atoms with van der Waals surface area (Å²) in [5, 5.41) is 10.1. The van der Waals surface area contributed by atoms with E-state index in [1.165, 1.54) is 12.1 Å². The van der Waals surface area contributed by atoms with E-state index in [0.717, 1.165) is 19.3 Å². The predicted octanol–water partition coefficient (Wildman–Crippen LogP) is 3.06. The number of hydrogen-bond donors (Lipinski definition) is 1. The number of phenolic OH excluding ortho intramolecular Hbond substituents is 1. The summed E-state index contributed by atoms with van der Waals surface area (Å²) in [5.41, 5.74) is 0.0252. The summed E-state index contributed by atoms with van der Waals surface area (Å²) in [6, 6.07) is 4.72. The zero-order valence-corrected chi connectivity index (χ0v) is 15.9. The van der Waals surface area contributed by atoms with E-state index in [2.05, 4.69) is 4.98 Å². The van der Waals surface area contributed by atoms with Crippen molar-refractivity contribution in [2.24, 2.45) is 5.41 Å². The van der Waals surface area contributed by atoms with E-state index >= 15 is 0 Å². The Kier molecular flexibility index (Phi) is 3.94. The van der Waals surface area contributed by atoms with Gasteiger partial charge in [-0.3, -0.25) is 9.36 Å². The molecule has 0 radical (unpaired) electrons. The lowest BCUT2D eigenvalue weighted by atomic mass is 9.65. The van der Waals surface area contributed by atoms with E-state index in [4.69, 9.17) is 4.74 Å². The van der Waals surface area contributed by atoms with Gasteiger partial charge in [0.05, 0.1) is 17.2 Å². The van der Waals surface area contributed by atoms with Gasteiger partial charge in [-0.15, -0.1) is 0 Å². The Morgan fingerprint density at radius 1 is 1.33 bits per heavy atom. The first-order chi connectivity index (χ1) is 12.7. The first-order valence-electron chi connectivity index (χ1n) is 9.34. The molecular formula is C20H25N3O4. The van der Waals surface area contributed by atoms with Crippen molar-refractivity contribution < 1.29 is 14.6 Å². The van der Waals surface area contributed by atoms with E-state index in [0.29, 0.717) is 24.0 Å². The van der Waals surface area contributed by atoms with E-state index in [1.54, 1.807) is 21.9 Å². The lowest BCUT2D eigenvalue weighted by molar-refractivity contribution is 0.0192. The van der Waals surface area contributed by atoms with Gasteiger partial charge in [0, 0.05) is 19.1 Å². The molecule has 2 aliphatic rings. The fraction of sp³-hybridized carbons (Fsp3) is 0.550. The minimum Gasteiger partial charge on any atom is -0.508 e. The standard InChI is InChI=1S/C20H25N3O4/c1-19(2,3)27-18(26)22-7-6-20(11-22)9-13(10-20)23-12-21-16-5-4-14(24)8-15(16)17(23)25/h4-5,8,12-13,24H,6-7,9-11H2,1-3H3. The molecule has 1 spiro atoms. The fourth-order valence-corrected chi connectivity index (χ4v) is 4.27. The number of fused-ring (bicyclic) bond motifs is 1. The molecule has 1 saturated heterocycles. The number of carbonyl (C=O) groups is 1. The van der Waals surface area contributed by atoms with Gasteiger partial charge in [-0.25, -0.2) is 9.78 Å². The molecule has 1 aromatic carbocycles. The third-order valence-electron chi connectivity index (χ3n) is 5.59. The number of hydrogen-bond acceptors (Lipinski definition) is 5. The van der Waals surface area contributed by atoms with Crippen LogP contribution >= 0.6 is 0 Å². The molecule has 2 heterocycles. The number of carbonyl (C=O) groups excluding carboxylic acids is 1. The van der Waals surface area contributed by atoms with Crippen LogP contribution in [0.25, 0.3) is 10.9 Å². The number of rotatable bonds is 1. The minimum atomic E-state index is -0.495. The van der Waals surface area contributed by atoms with Crippen LogP contribution in [-0.4, -0.2) is 44.3 Å². The van der Waals surface area contributed by atoms with Gasteiger partial charge >= 0.3 is 6.09 Å². The Bertz CT molecular complexity index is 954. The van der Waals surface area contributed by atoms with E-state index in [1.807, 2.05) is 20.8 Å². The molecular weight excluding hydrogens is 346 g/mol. The molecule has 4 rings (SSSR count). The smallest absolute Gasteiger partial charge is 0.410 e. The largest absolute Gasteiger partial charge is 0.508 e. The van der Waals surface area contributed by atoms with Crippen molar-refractivity contribution in [2.75, 3.05) is 13.1 Å². The number of amides is 1. The average molecular weight is 371 g/mol. The van der Waals surface area contributed by atoms with Crippen LogP contribution in [0.5, 0.6) is 5.75 Å². The predicted molar refractivity (Wildman–Crippen MR) is 101 cm³/mol. The van der Waals surface area contributed by atoms with Crippen LogP contribution in [0.2, 0.25) is 0 Å². The third-order valence-corrected chi connectivity index (χ3v) is 5.59. The Balaban J connectivity index is 1.47. The van der Waals surface area contributed by atoms with Crippen molar-refractivity contribution in [3.05, 3.63) is 34.9 Å². The first-order valence-corrected chi connectivity index (χ1v) is 9.34. The number of nitrogens with zero attached hydrogens (tertiary/aromatic N) is 3. The van der Waals surface area contributed by atoms with Crippen molar-refractivity contribution in [3.8, 4) is 5.75 Å². The Morgan fingerprint density at radius 2 is 2.07 bits per heavy atom. The van der Waals surface area contributed by atoms with Crippen molar-refractivity contribution >= 4 is 17.0 Å². The van der Waals surface area contributed by atoms with Gasteiger partial charge in [0.2, 0.25) is 0 Å². The topological polar surface area (TPSA) is 84.7 Å². The number of phenols is 1. The molecule has 0 atom stereocenters. The quantitative estimate of drug-likeness (QED) is 0.833. The number of aromatic nitrogens is 2. The molecule has 7 nitrogen and oxygen atoms in total. The molecule has 1 aliphatic heterocycles. The second-order valence-corrected chi connectivity index (χ2v) is 8.87. The van der Waals surface area contributed by atoms with Gasteiger partial charge < -0.3 is 14.7 Å². The van der Waals surface area contributed by atoms with E-state index in [9.17, 15) is 14.7 Å². The molecule has 144 valence electrons. The van der Waals surface area contributed by atoms with Crippen molar-refractivity contribution in [1.82, 2.24) is 14.5 Å². The second-order valence-electron chi connectivity index (χ2n) is 8.87. The molecule has 0 unspecified atom stereocenters. The summed E-state index contributed by atoms with van der Waals surface area (Å²) in [5.74, 6) is 0.0630. The van der Waals surface area contributed by atoms with Gasteiger partial charge in [-0.2, -0.15) is 0 Å². The molecule has 2 fully saturated rings. The number of aromatic hydroxyl groups is 1. The highest BCUT2D eigenvalue weighted by Gasteiger charge is 2.50. The van der Waals surface area contributed by atoms with Crippen molar-refractivity contribution in [1.29, 1.82) is 0 Å². The monoisotopic (exact) mass is 371 g/mol. The maximum Gasteiger partial charge on any atom is 0.410 e. The summed E-state index contributed by atoms with van der Waals surface area (Å²) in [6.07, 6.45) is 3.96. The second kappa shape index (κ2) is 5.97. The van der Waals surface area contributed by atoms with Gasteiger partial charge in [0.1, 0.15) is 11.4 Å². The maximum atomic E-state index is 12.8. The SMILES string of the molecule is CC(C)(C)OC(=O)N1CCC2(CC(n3cnc4ccc(O)cc4c3=O)C2)C1. The Morgan fingerprint density at radius 3 is 2.78 bits per heavy atom. The average Bonchev–Trinajstić information content (AvgIpc) is 2.99. The third kappa shape index (κ3) is 3.26. The maximum absolute atomic E-state index is 12.8. The van der Waals surface area contributed by atoms with Crippen molar-refractivity contribution in [2.45, 2.75) is 51.7 Å². The zero-order valence-electron chi connectivity index (χ0n) is 15.9. The van der Waals surface area contributed by atoms with Gasteiger partial charge in [0.15, 0.2) is 0 Å². The van der Waals surface area contributed by atoms with Crippen LogP contribution < -0.4 is 5.56 Å². The van der Waals surface area contributed by atoms with Crippen LogP contribution in [0.3, 0.4) is 0 Å². The van der Waals surface area contributed by atoms with Crippen LogP contribution in [0.15, 0.2) is 29.3 Å². The molecule has 0 bridgehead atoms. The van der Waals surface area contributed by atoms with Gasteiger partial charge in [0.25, 0.3) is 5.56 Å². The molecule has 27 heavy (non-hydrogen) atoms.